The third kappa shape index (κ3) is 3.06. The third-order valence-corrected chi connectivity index (χ3v) is 3.60. The van der Waals surface area contributed by atoms with Gasteiger partial charge in [-0.1, -0.05) is 0 Å². The van der Waals surface area contributed by atoms with Gasteiger partial charge in [0.1, 0.15) is 10.3 Å². The summed E-state index contributed by atoms with van der Waals surface area (Å²) in [7, 11) is 0. The molecule has 1 aliphatic heterocycles. The zero-order valence-electron chi connectivity index (χ0n) is 10.6. The average Bonchev–Trinajstić information content (AvgIpc) is 2.42. The second kappa shape index (κ2) is 6.05. The van der Waals surface area contributed by atoms with Crippen molar-refractivity contribution < 1.29 is 9.53 Å². The number of anilines is 1. The molecule has 2 heterocycles. The molecule has 0 aliphatic carbocycles. The van der Waals surface area contributed by atoms with Crippen molar-refractivity contribution in [3.8, 4) is 0 Å². The first-order valence-corrected chi connectivity index (χ1v) is 6.82. The van der Waals surface area contributed by atoms with Crippen LogP contribution in [0, 0.1) is 0 Å². The molecule has 7 nitrogen and oxygen atoms in total. The summed E-state index contributed by atoms with van der Waals surface area (Å²) in [6, 6.07) is 0. The average molecular weight is 331 g/mol. The number of piperazine rings is 1. The van der Waals surface area contributed by atoms with Gasteiger partial charge in [0.05, 0.1) is 12.9 Å². The molecule has 2 rings (SSSR count). The highest BCUT2D eigenvalue weighted by Gasteiger charge is 2.24. The Hall–Kier alpha value is -1.57. The van der Waals surface area contributed by atoms with Crippen LogP contribution in [0.1, 0.15) is 6.92 Å². The number of nitrogens with one attached hydrogen (secondary N) is 1. The predicted octanol–water partition coefficient (Wildman–Crippen LogP) is 0.811. The highest BCUT2D eigenvalue weighted by molar-refractivity contribution is 9.10. The maximum Gasteiger partial charge on any atom is 0.409 e. The van der Waals surface area contributed by atoms with E-state index >= 15 is 0 Å². The Morgan fingerprint density at radius 2 is 2.16 bits per heavy atom. The topological polar surface area (TPSA) is 78.5 Å². The van der Waals surface area contributed by atoms with Gasteiger partial charge in [-0.3, -0.25) is 4.79 Å². The zero-order valence-corrected chi connectivity index (χ0v) is 12.1. The van der Waals surface area contributed by atoms with Crippen molar-refractivity contribution in [1.29, 1.82) is 0 Å². The summed E-state index contributed by atoms with van der Waals surface area (Å²) >= 11 is 3.23. The van der Waals surface area contributed by atoms with Crippen molar-refractivity contribution in [2.45, 2.75) is 6.92 Å². The van der Waals surface area contributed by atoms with Crippen LogP contribution >= 0.6 is 15.9 Å². The number of rotatable bonds is 2. The van der Waals surface area contributed by atoms with Gasteiger partial charge in [0.25, 0.3) is 5.56 Å². The number of nitrogens with zero attached hydrogens (tertiary/aromatic N) is 3. The first-order valence-electron chi connectivity index (χ1n) is 6.03. The van der Waals surface area contributed by atoms with Crippen molar-refractivity contribution in [3.05, 3.63) is 21.2 Å². The number of aromatic nitrogens is 2. The second-order valence-electron chi connectivity index (χ2n) is 4.04. The zero-order chi connectivity index (χ0) is 13.8. The summed E-state index contributed by atoms with van der Waals surface area (Å²) in [5.41, 5.74) is -0.210. The molecule has 0 spiro atoms. The molecule has 8 heteroatoms. The smallest absolute Gasteiger partial charge is 0.409 e. The van der Waals surface area contributed by atoms with E-state index < -0.39 is 0 Å². The summed E-state index contributed by atoms with van der Waals surface area (Å²) in [5, 5.41) is 0. The van der Waals surface area contributed by atoms with Crippen molar-refractivity contribution >= 4 is 27.8 Å². The van der Waals surface area contributed by atoms with Gasteiger partial charge in [-0.05, 0) is 22.9 Å². The standard InChI is InChI=1S/C11H15BrN4O3/c1-2-19-11(18)16-5-3-15(4-6-16)9-8(12)10(17)14-7-13-9/h7H,2-6H2,1H3,(H,13,14,17). The number of halogens is 1. The van der Waals surface area contributed by atoms with Gasteiger partial charge < -0.3 is 19.5 Å². The quantitative estimate of drug-likeness (QED) is 0.868. The number of H-pyrrole nitrogens is 1. The molecule has 1 amide bonds. The van der Waals surface area contributed by atoms with E-state index in [0.717, 1.165) is 0 Å². The summed E-state index contributed by atoms with van der Waals surface area (Å²) in [5.74, 6) is 0.604. The number of ether oxygens (including phenoxy) is 1. The molecule has 1 aliphatic rings. The number of carbonyl (C=O) groups is 1. The lowest BCUT2D eigenvalue weighted by Gasteiger charge is -2.34. The lowest BCUT2D eigenvalue weighted by molar-refractivity contribution is 0.105. The molecule has 1 aromatic heterocycles. The van der Waals surface area contributed by atoms with Gasteiger partial charge in [0, 0.05) is 26.2 Å². The third-order valence-electron chi connectivity index (χ3n) is 2.88. The molecule has 1 aromatic rings. The van der Waals surface area contributed by atoms with Crippen LogP contribution in [-0.2, 0) is 4.74 Å². The summed E-state index contributed by atoms with van der Waals surface area (Å²) < 4.78 is 5.37. The Labute approximate surface area is 118 Å². The van der Waals surface area contributed by atoms with Gasteiger partial charge in [-0.25, -0.2) is 9.78 Å². The molecule has 0 saturated carbocycles. The Balaban J connectivity index is 2.02. The molecule has 104 valence electrons. The SMILES string of the molecule is CCOC(=O)N1CCN(c2nc[nH]c(=O)c2Br)CC1. The molecule has 0 bridgehead atoms. The van der Waals surface area contributed by atoms with E-state index in [1.165, 1.54) is 6.33 Å². The van der Waals surface area contributed by atoms with E-state index in [2.05, 4.69) is 25.9 Å². The van der Waals surface area contributed by atoms with Crippen molar-refractivity contribution in [2.75, 3.05) is 37.7 Å². The van der Waals surface area contributed by atoms with Crippen LogP contribution < -0.4 is 10.5 Å². The highest BCUT2D eigenvalue weighted by atomic mass is 79.9. The molecular weight excluding hydrogens is 316 g/mol. The number of hydrogen-bond donors (Lipinski definition) is 1. The van der Waals surface area contributed by atoms with Crippen molar-refractivity contribution in [2.24, 2.45) is 0 Å². The summed E-state index contributed by atoms with van der Waals surface area (Å²) in [4.78, 5) is 33.3. The van der Waals surface area contributed by atoms with Crippen LogP contribution in [0.4, 0.5) is 10.6 Å². The largest absolute Gasteiger partial charge is 0.450 e. The van der Waals surface area contributed by atoms with Gasteiger partial charge in [-0.2, -0.15) is 0 Å². The van der Waals surface area contributed by atoms with Crippen molar-refractivity contribution in [3.63, 3.8) is 0 Å². The van der Waals surface area contributed by atoms with E-state index in [-0.39, 0.29) is 11.7 Å². The maximum absolute atomic E-state index is 11.6. The first-order chi connectivity index (χ1) is 9.13. The van der Waals surface area contributed by atoms with E-state index in [4.69, 9.17) is 4.74 Å². The Kier molecular flexibility index (Phi) is 4.41. The van der Waals surface area contributed by atoms with Crippen LogP contribution in [0.25, 0.3) is 0 Å². The summed E-state index contributed by atoms with van der Waals surface area (Å²) in [6.07, 6.45) is 1.08. The predicted molar refractivity (Wildman–Crippen MR) is 73.4 cm³/mol. The number of carbonyl (C=O) groups excluding carboxylic acids is 1. The van der Waals surface area contributed by atoms with Gasteiger partial charge >= 0.3 is 6.09 Å². The van der Waals surface area contributed by atoms with Crippen LogP contribution in [0.15, 0.2) is 15.6 Å². The fraction of sp³-hybridized carbons (Fsp3) is 0.545. The molecule has 1 saturated heterocycles. The minimum atomic E-state index is -0.292. The number of amides is 1. The minimum Gasteiger partial charge on any atom is -0.450 e. The van der Waals surface area contributed by atoms with Crippen molar-refractivity contribution in [1.82, 2.24) is 14.9 Å². The monoisotopic (exact) mass is 330 g/mol. The highest BCUT2D eigenvalue weighted by Crippen LogP contribution is 2.20. The van der Waals surface area contributed by atoms with Crippen LogP contribution in [0.3, 0.4) is 0 Å². The second-order valence-corrected chi connectivity index (χ2v) is 4.84. The molecule has 0 radical (unpaired) electrons. The molecule has 0 aromatic carbocycles. The minimum absolute atomic E-state index is 0.210. The van der Waals surface area contributed by atoms with Gasteiger partial charge in [0.15, 0.2) is 0 Å². The lowest BCUT2D eigenvalue weighted by atomic mass is 10.3. The normalized spacial score (nSPS) is 15.5. The van der Waals surface area contributed by atoms with Crippen LogP contribution in [-0.4, -0.2) is 53.7 Å². The lowest BCUT2D eigenvalue weighted by Crippen LogP contribution is -2.49. The molecule has 0 unspecified atom stereocenters. The molecular formula is C11H15BrN4O3. The fourth-order valence-electron chi connectivity index (χ4n) is 1.91. The Morgan fingerprint density at radius 1 is 1.47 bits per heavy atom. The molecule has 0 atom stereocenters. The van der Waals surface area contributed by atoms with E-state index in [9.17, 15) is 9.59 Å². The van der Waals surface area contributed by atoms with E-state index in [0.29, 0.717) is 43.1 Å². The maximum atomic E-state index is 11.6. The first kappa shape index (κ1) is 13.9. The van der Waals surface area contributed by atoms with Gasteiger partial charge in [0.2, 0.25) is 0 Å². The summed E-state index contributed by atoms with van der Waals surface area (Å²) in [6.45, 7) is 4.51. The Morgan fingerprint density at radius 3 is 2.79 bits per heavy atom. The number of aromatic amines is 1. The fourth-order valence-corrected chi connectivity index (χ4v) is 2.38. The van der Waals surface area contributed by atoms with Gasteiger partial charge in [-0.15, -0.1) is 0 Å². The van der Waals surface area contributed by atoms with Crippen LogP contribution in [0.5, 0.6) is 0 Å². The van der Waals surface area contributed by atoms with Crippen LogP contribution in [0.2, 0.25) is 0 Å². The number of hydrogen-bond acceptors (Lipinski definition) is 5. The van der Waals surface area contributed by atoms with E-state index in [1.54, 1.807) is 11.8 Å². The molecule has 1 fully saturated rings. The molecule has 19 heavy (non-hydrogen) atoms. The Bertz CT molecular complexity index is 511. The van der Waals surface area contributed by atoms with E-state index in [1.807, 2.05) is 4.90 Å². The molecule has 1 N–H and O–H groups in total.